The molecule has 1 heterocycles. The fourth-order valence-corrected chi connectivity index (χ4v) is 3.13. The SMILES string of the molecule is CCCc1[nH]nc(-c2ccc(C)cc2C)c1NC(=O)c1ccc(Cl)cc1. The van der Waals surface area contributed by atoms with E-state index in [9.17, 15) is 4.79 Å². The first-order valence-corrected chi connectivity index (χ1v) is 9.09. The number of benzene rings is 2. The van der Waals surface area contributed by atoms with Crippen LogP contribution in [0.15, 0.2) is 42.5 Å². The van der Waals surface area contributed by atoms with Gasteiger partial charge in [0.25, 0.3) is 5.91 Å². The normalized spacial score (nSPS) is 10.8. The monoisotopic (exact) mass is 367 g/mol. The predicted octanol–water partition coefficient (Wildman–Crippen LogP) is 5.55. The van der Waals surface area contributed by atoms with Crippen molar-refractivity contribution >= 4 is 23.2 Å². The number of H-pyrrole nitrogens is 1. The lowest BCUT2D eigenvalue weighted by atomic mass is 10.0. The van der Waals surface area contributed by atoms with Crippen LogP contribution in [-0.4, -0.2) is 16.1 Å². The van der Waals surface area contributed by atoms with Gasteiger partial charge in [0.1, 0.15) is 5.69 Å². The minimum Gasteiger partial charge on any atom is -0.319 e. The van der Waals surface area contributed by atoms with E-state index in [0.29, 0.717) is 10.6 Å². The maximum Gasteiger partial charge on any atom is 0.255 e. The number of aromatic nitrogens is 2. The van der Waals surface area contributed by atoms with Gasteiger partial charge in [-0.25, -0.2) is 0 Å². The molecule has 0 saturated heterocycles. The molecule has 2 N–H and O–H groups in total. The van der Waals surface area contributed by atoms with Crippen LogP contribution in [0.3, 0.4) is 0 Å². The lowest BCUT2D eigenvalue weighted by Crippen LogP contribution is -2.13. The number of rotatable bonds is 5. The van der Waals surface area contributed by atoms with Crippen LogP contribution in [0.2, 0.25) is 5.02 Å². The minimum absolute atomic E-state index is 0.175. The van der Waals surface area contributed by atoms with E-state index in [0.717, 1.165) is 41.0 Å². The van der Waals surface area contributed by atoms with Crippen LogP contribution in [0.5, 0.6) is 0 Å². The van der Waals surface area contributed by atoms with Crippen LogP contribution in [0.1, 0.15) is 40.5 Å². The number of hydrogen-bond acceptors (Lipinski definition) is 2. The Morgan fingerprint density at radius 2 is 1.88 bits per heavy atom. The van der Waals surface area contributed by atoms with E-state index in [1.165, 1.54) is 5.56 Å². The fourth-order valence-electron chi connectivity index (χ4n) is 3.00. The summed E-state index contributed by atoms with van der Waals surface area (Å²) in [6.45, 7) is 6.22. The average Bonchev–Trinajstić information content (AvgIpc) is 2.98. The second-order valence-electron chi connectivity index (χ2n) is 6.46. The Kier molecular flexibility index (Phi) is 5.43. The molecule has 2 aromatic carbocycles. The van der Waals surface area contributed by atoms with E-state index >= 15 is 0 Å². The lowest BCUT2D eigenvalue weighted by molar-refractivity contribution is 0.102. The number of amides is 1. The molecule has 0 spiro atoms. The van der Waals surface area contributed by atoms with Gasteiger partial charge in [-0.05, 0) is 50.1 Å². The molecule has 3 aromatic rings. The minimum atomic E-state index is -0.175. The summed E-state index contributed by atoms with van der Waals surface area (Å²) in [6, 6.07) is 13.1. The lowest BCUT2D eigenvalue weighted by Gasteiger charge is -2.10. The van der Waals surface area contributed by atoms with Crippen molar-refractivity contribution in [1.29, 1.82) is 0 Å². The average molecular weight is 368 g/mol. The van der Waals surface area contributed by atoms with E-state index in [-0.39, 0.29) is 5.91 Å². The van der Waals surface area contributed by atoms with Crippen LogP contribution in [-0.2, 0) is 6.42 Å². The zero-order chi connectivity index (χ0) is 18.7. The molecule has 0 unspecified atom stereocenters. The third kappa shape index (κ3) is 3.81. The van der Waals surface area contributed by atoms with Gasteiger partial charge in [0, 0.05) is 16.1 Å². The second kappa shape index (κ2) is 7.75. The molecule has 0 aliphatic carbocycles. The first kappa shape index (κ1) is 18.2. The zero-order valence-corrected chi connectivity index (χ0v) is 15.9. The van der Waals surface area contributed by atoms with Gasteiger partial charge in [0.2, 0.25) is 0 Å². The molecule has 0 fully saturated rings. The highest BCUT2D eigenvalue weighted by Gasteiger charge is 2.19. The van der Waals surface area contributed by atoms with Crippen molar-refractivity contribution in [1.82, 2.24) is 10.2 Å². The molecule has 134 valence electrons. The molecule has 0 saturated carbocycles. The van der Waals surface area contributed by atoms with Gasteiger partial charge in [-0.3, -0.25) is 9.89 Å². The van der Waals surface area contributed by atoms with Gasteiger partial charge in [-0.2, -0.15) is 5.10 Å². The third-order valence-corrected chi connectivity index (χ3v) is 4.58. The van der Waals surface area contributed by atoms with Crippen molar-refractivity contribution < 1.29 is 4.79 Å². The van der Waals surface area contributed by atoms with E-state index in [2.05, 4.69) is 54.5 Å². The highest BCUT2D eigenvalue weighted by molar-refractivity contribution is 6.30. The van der Waals surface area contributed by atoms with E-state index in [4.69, 9.17) is 11.6 Å². The molecule has 26 heavy (non-hydrogen) atoms. The van der Waals surface area contributed by atoms with E-state index < -0.39 is 0 Å². The van der Waals surface area contributed by atoms with Crippen molar-refractivity contribution in [2.75, 3.05) is 5.32 Å². The van der Waals surface area contributed by atoms with Gasteiger partial charge >= 0.3 is 0 Å². The maximum absolute atomic E-state index is 12.7. The topological polar surface area (TPSA) is 57.8 Å². The first-order chi connectivity index (χ1) is 12.5. The summed E-state index contributed by atoms with van der Waals surface area (Å²) < 4.78 is 0. The van der Waals surface area contributed by atoms with Crippen LogP contribution in [0, 0.1) is 13.8 Å². The Bertz CT molecular complexity index is 929. The molecule has 0 bridgehead atoms. The summed E-state index contributed by atoms with van der Waals surface area (Å²) in [7, 11) is 0. The molecule has 1 amide bonds. The predicted molar refractivity (Wildman–Crippen MR) is 107 cm³/mol. The molecule has 0 aliphatic heterocycles. The van der Waals surface area contributed by atoms with Crippen molar-refractivity contribution in [3.63, 3.8) is 0 Å². The summed E-state index contributed by atoms with van der Waals surface area (Å²) in [5.74, 6) is -0.175. The summed E-state index contributed by atoms with van der Waals surface area (Å²) >= 11 is 5.91. The molecule has 0 aliphatic rings. The number of aryl methyl sites for hydroxylation is 3. The highest BCUT2D eigenvalue weighted by atomic mass is 35.5. The van der Waals surface area contributed by atoms with Gasteiger partial charge in [-0.1, -0.05) is 48.7 Å². The standard InChI is InChI=1S/C21H22ClN3O/c1-4-5-18-20(23-21(26)15-7-9-16(22)10-8-15)19(25-24-18)17-11-6-13(2)12-14(17)3/h6-12H,4-5H2,1-3H3,(H,23,26)(H,24,25). The quantitative estimate of drug-likeness (QED) is 0.620. The molecular formula is C21H22ClN3O. The number of carbonyl (C=O) groups excluding carboxylic acids is 1. The van der Waals surface area contributed by atoms with Crippen LogP contribution in [0.25, 0.3) is 11.3 Å². The summed E-state index contributed by atoms with van der Waals surface area (Å²) in [5.41, 5.74) is 6.35. The molecule has 3 rings (SSSR count). The second-order valence-corrected chi connectivity index (χ2v) is 6.89. The summed E-state index contributed by atoms with van der Waals surface area (Å²) in [6.07, 6.45) is 1.77. The Morgan fingerprint density at radius 3 is 2.54 bits per heavy atom. The van der Waals surface area contributed by atoms with Gasteiger partial charge in [0.15, 0.2) is 0 Å². The van der Waals surface area contributed by atoms with Gasteiger partial charge in [0.05, 0.1) is 11.4 Å². The number of halogens is 1. The van der Waals surface area contributed by atoms with Crippen molar-refractivity contribution in [2.24, 2.45) is 0 Å². The van der Waals surface area contributed by atoms with Gasteiger partial charge < -0.3 is 5.32 Å². The summed E-state index contributed by atoms with van der Waals surface area (Å²) in [4.78, 5) is 12.7. The number of hydrogen-bond donors (Lipinski definition) is 2. The molecule has 1 aromatic heterocycles. The Morgan fingerprint density at radius 1 is 1.15 bits per heavy atom. The Labute approximate surface area is 158 Å². The van der Waals surface area contributed by atoms with E-state index in [1.54, 1.807) is 24.3 Å². The molecule has 4 nitrogen and oxygen atoms in total. The molecule has 5 heteroatoms. The number of nitrogens with one attached hydrogen (secondary N) is 2. The number of aromatic amines is 1. The molecule has 0 atom stereocenters. The van der Waals surface area contributed by atoms with Crippen molar-refractivity contribution in [3.05, 3.63) is 69.9 Å². The fraction of sp³-hybridized carbons (Fsp3) is 0.238. The van der Waals surface area contributed by atoms with Crippen molar-refractivity contribution in [2.45, 2.75) is 33.6 Å². The molecular weight excluding hydrogens is 346 g/mol. The highest BCUT2D eigenvalue weighted by Crippen LogP contribution is 2.32. The number of anilines is 1. The maximum atomic E-state index is 12.7. The Balaban J connectivity index is 2.00. The Hall–Kier alpha value is -2.59. The van der Waals surface area contributed by atoms with Crippen molar-refractivity contribution in [3.8, 4) is 11.3 Å². The van der Waals surface area contributed by atoms with Gasteiger partial charge in [-0.15, -0.1) is 0 Å². The first-order valence-electron chi connectivity index (χ1n) is 8.71. The zero-order valence-electron chi connectivity index (χ0n) is 15.2. The smallest absolute Gasteiger partial charge is 0.255 e. The van der Waals surface area contributed by atoms with Crippen LogP contribution < -0.4 is 5.32 Å². The number of carbonyl (C=O) groups is 1. The summed E-state index contributed by atoms with van der Waals surface area (Å²) in [5, 5.41) is 11.2. The van der Waals surface area contributed by atoms with E-state index in [1.807, 2.05) is 0 Å². The molecule has 0 radical (unpaired) electrons. The largest absolute Gasteiger partial charge is 0.319 e. The number of nitrogens with zero attached hydrogens (tertiary/aromatic N) is 1. The third-order valence-electron chi connectivity index (χ3n) is 4.32. The van der Waals surface area contributed by atoms with Crippen LogP contribution >= 0.6 is 11.6 Å². The van der Waals surface area contributed by atoms with Crippen LogP contribution in [0.4, 0.5) is 5.69 Å².